The number of allylic oxidation sites excluding steroid dienone is 4. The molecule has 5 heteroatoms. The fourth-order valence-corrected chi connectivity index (χ4v) is 3.46. The quantitative estimate of drug-likeness (QED) is 0.220. The molecular weight excluding hydrogens is 504 g/mol. The van der Waals surface area contributed by atoms with E-state index in [0.29, 0.717) is 23.7 Å². The van der Waals surface area contributed by atoms with Crippen molar-refractivity contribution < 1.29 is 41.3 Å². The number of halogens is 2. The second-order valence-corrected chi connectivity index (χ2v) is 12.7. The molecule has 0 nitrogen and oxygen atoms in total. The second kappa shape index (κ2) is 20.8. The maximum Gasteiger partial charge on any atom is 2.00 e. The Morgan fingerprint density at radius 1 is 0.516 bits per heavy atom. The van der Waals surface area contributed by atoms with Gasteiger partial charge in [0.05, 0.1) is 0 Å². The first-order valence-corrected chi connectivity index (χ1v) is 12.7. The van der Waals surface area contributed by atoms with Gasteiger partial charge in [-0.25, -0.2) is 0 Å². The zero-order chi connectivity index (χ0) is 22.7. The summed E-state index contributed by atoms with van der Waals surface area (Å²) >= 11 is 0. The average molecular weight is 558 g/mol. The second-order valence-electron chi connectivity index (χ2n) is 10.7. The van der Waals surface area contributed by atoms with Crippen LogP contribution in [0, 0.1) is 35.5 Å². The van der Waals surface area contributed by atoms with Crippen molar-refractivity contribution >= 4 is 18.5 Å². The zero-order valence-corrected chi connectivity index (χ0v) is 27.2. The molecule has 0 spiro atoms. The van der Waals surface area contributed by atoms with Crippen LogP contribution < -0.4 is 24.8 Å². The molecule has 0 aliphatic rings. The molecule has 0 bridgehead atoms. The van der Waals surface area contributed by atoms with E-state index in [-0.39, 0.29) is 51.6 Å². The molecule has 0 saturated carbocycles. The Kier molecular flexibility index (Phi) is 28.5. The van der Waals surface area contributed by atoms with E-state index >= 15 is 0 Å². The molecule has 0 aliphatic heterocycles. The molecule has 0 aromatic carbocycles. The summed E-state index contributed by atoms with van der Waals surface area (Å²) in [4.78, 5) is 0. The van der Waals surface area contributed by atoms with Crippen LogP contribution in [-0.2, 0) is 16.5 Å². The minimum atomic E-state index is 0. The molecule has 0 saturated heterocycles. The first-order chi connectivity index (χ1) is 12.6. The third-order valence-electron chi connectivity index (χ3n) is 6.03. The standard InChI is InChI=1S/2C13H27P.2ClH.Ni/c2*1-10(2)8-7-9-13(14,11(3)4)12(5)6;;;/h2*7,9-12H,8,14H2,1-6H3;2*1H;/q;;;;+2/p-2. The molecule has 2 unspecified atom stereocenters. The summed E-state index contributed by atoms with van der Waals surface area (Å²) in [5.41, 5.74) is 0. The van der Waals surface area contributed by atoms with Gasteiger partial charge in [0.2, 0.25) is 0 Å². The van der Waals surface area contributed by atoms with Crippen molar-refractivity contribution in [3.05, 3.63) is 24.3 Å². The molecule has 0 amide bonds. The Bertz CT molecular complexity index is 398. The summed E-state index contributed by atoms with van der Waals surface area (Å²) in [5.74, 6) is 4.23. The SMILES string of the molecule is CC(C)CC=CC(P)(C(C)C)C(C)C.CC(C)CC=CC(P)(C(C)C)C(C)C.[Cl-].[Cl-].[Ni+2]. The van der Waals surface area contributed by atoms with E-state index in [0.717, 1.165) is 11.8 Å². The van der Waals surface area contributed by atoms with Crippen molar-refractivity contribution in [2.24, 2.45) is 35.5 Å². The van der Waals surface area contributed by atoms with E-state index < -0.39 is 0 Å². The van der Waals surface area contributed by atoms with Gasteiger partial charge >= 0.3 is 16.5 Å². The van der Waals surface area contributed by atoms with Crippen LogP contribution in [0.25, 0.3) is 0 Å². The summed E-state index contributed by atoms with van der Waals surface area (Å²) in [6, 6.07) is 0. The van der Waals surface area contributed by atoms with Gasteiger partial charge < -0.3 is 24.8 Å². The molecule has 0 N–H and O–H groups in total. The first-order valence-electron chi connectivity index (χ1n) is 11.5. The van der Waals surface area contributed by atoms with E-state index in [1.54, 1.807) is 0 Å². The normalized spacial score (nSPS) is 12.5. The van der Waals surface area contributed by atoms with E-state index in [2.05, 4.69) is 126 Å². The van der Waals surface area contributed by atoms with Crippen LogP contribution in [0.4, 0.5) is 0 Å². The zero-order valence-electron chi connectivity index (χ0n) is 22.4. The van der Waals surface area contributed by atoms with Gasteiger partial charge in [-0.1, -0.05) is 107 Å². The predicted molar refractivity (Wildman–Crippen MR) is 141 cm³/mol. The van der Waals surface area contributed by atoms with Gasteiger partial charge in [0.1, 0.15) is 0 Å². The monoisotopic (exact) mass is 556 g/mol. The van der Waals surface area contributed by atoms with Gasteiger partial charge in [-0.2, -0.15) is 0 Å². The largest absolute Gasteiger partial charge is 2.00 e. The van der Waals surface area contributed by atoms with E-state index in [9.17, 15) is 0 Å². The number of rotatable bonds is 10. The number of hydrogen-bond donors (Lipinski definition) is 0. The van der Waals surface area contributed by atoms with Crippen molar-refractivity contribution in [2.45, 2.75) is 106 Å². The van der Waals surface area contributed by atoms with Crippen molar-refractivity contribution in [2.75, 3.05) is 0 Å². The molecule has 0 heterocycles. The van der Waals surface area contributed by atoms with Crippen LogP contribution >= 0.6 is 18.5 Å². The van der Waals surface area contributed by atoms with Crippen LogP contribution in [0.2, 0.25) is 0 Å². The Morgan fingerprint density at radius 2 is 0.710 bits per heavy atom. The van der Waals surface area contributed by atoms with Crippen molar-refractivity contribution in [3.8, 4) is 0 Å². The predicted octanol–water partition coefficient (Wildman–Crippen LogP) is 3.03. The molecule has 0 aromatic rings. The van der Waals surface area contributed by atoms with Crippen LogP contribution in [0.3, 0.4) is 0 Å². The summed E-state index contributed by atoms with van der Waals surface area (Å²) < 4.78 is 0. The van der Waals surface area contributed by atoms with Gasteiger partial charge in [-0.05, 0) is 48.3 Å². The van der Waals surface area contributed by atoms with E-state index in [1.807, 2.05) is 0 Å². The smallest absolute Gasteiger partial charge is 1.00 e. The third-order valence-corrected chi connectivity index (χ3v) is 9.08. The molecular formula is C26H54Cl2NiP2. The Balaban J connectivity index is -0.000000133. The Hall–Kier alpha value is 1.41. The molecule has 2 atom stereocenters. The van der Waals surface area contributed by atoms with Crippen LogP contribution in [0.5, 0.6) is 0 Å². The summed E-state index contributed by atoms with van der Waals surface area (Å²) in [6.07, 6.45) is 11.9. The van der Waals surface area contributed by atoms with Crippen molar-refractivity contribution in [3.63, 3.8) is 0 Å². The molecule has 31 heavy (non-hydrogen) atoms. The van der Waals surface area contributed by atoms with Gasteiger partial charge in [0.15, 0.2) is 0 Å². The molecule has 0 aliphatic carbocycles. The van der Waals surface area contributed by atoms with Crippen LogP contribution in [0.1, 0.15) is 95.9 Å². The van der Waals surface area contributed by atoms with Crippen molar-refractivity contribution in [1.82, 2.24) is 0 Å². The Morgan fingerprint density at radius 3 is 0.839 bits per heavy atom. The molecule has 192 valence electrons. The van der Waals surface area contributed by atoms with Gasteiger partial charge in [-0.15, -0.1) is 18.5 Å². The molecule has 0 fully saturated rings. The summed E-state index contributed by atoms with van der Waals surface area (Å²) in [7, 11) is 6.08. The van der Waals surface area contributed by atoms with E-state index in [4.69, 9.17) is 0 Å². The molecule has 0 radical (unpaired) electrons. The fraction of sp³-hybridized carbons (Fsp3) is 0.846. The molecule has 0 rings (SSSR count). The number of hydrogen-bond acceptors (Lipinski definition) is 0. The maximum absolute atomic E-state index is 3.04. The van der Waals surface area contributed by atoms with Crippen molar-refractivity contribution in [1.29, 1.82) is 0 Å². The van der Waals surface area contributed by atoms with Crippen LogP contribution in [0.15, 0.2) is 24.3 Å². The fourth-order valence-electron chi connectivity index (χ4n) is 3.19. The summed E-state index contributed by atoms with van der Waals surface area (Å²) in [5, 5.41) is 0.545. The minimum Gasteiger partial charge on any atom is -1.00 e. The maximum atomic E-state index is 3.04. The van der Waals surface area contributed by atoms with Gasteiger partial charge in [0, 0.05) is 10.3 Å². The van der Waals surface area contributed by atoms with Crippen LogP contribution in [-0.4, -0.2) is 10.3 Å². The van der Waals surface area contributed by atoms with E-state index in [1.165, 1.54) is 12.8 Å². The average Bonchev–Trinajstić information content (AvgIpc) is 2.53. The van der Waals surface area contributed by atoms with Gasteiger partial charge in [0.25, 0.3) is 0 Å². The first kappa shape index (κ1) is 42.6. The summed E-state index contributed by atoms with van der Waals surface area (Å²) in [6.45, 7) is 27.4. The topological polar surface area (TPSA) is 0 Å². The molecule has 0 aromatic heterocycles. The third kappa shape index (κ3) is 17.5. The van der Waals surface area contributed by atoms with Gasteiger partial charge in [-0.3, -0.25) is 0 Å². The Labute approximate surface area is 225 Å². The minimum absolute atomic E-state index is 0.